The number of rotatable bonds is 4. The van der Waals surface area contributed by atoms with Crippen molar-refractivity contribution in [3.8, 4) is 0 Å². The molecule has 1 atom stereocenters. The van der Waals surface area contributed by atoms with Crippen LogP contribution in [0.4, 0.5) is 0 Å². The first-order valence-corrected chi connectivity index (χ1v) is 7.72. The molecule has 2 aromatic rings. The summed E-state index contributed by atoms with van der Waals surface area (Å²) in [5.74, 6) is 0.675. The molecular weight excluding hydrogens is 244 g/mol. The van der Waals surface area contributed by atoms with Crippen LogP contribution in [0.1, 0.15) is 43.7 Å². The van der Waals surface area contributed by atoms with Gasteiger partial charge in [0.2, 0.25) is 0 Å². The Kier molecular flexibility index (Phi) is 3.37. The van der Waals surface area contributed by atoms with Crippen molar-refractivity contribution >= 4 is 10.9 Å². The summed E-state index contributed by atoms with van der Waals surface area (Å²) in [6.07, 6.45) is 5.97. The molecule has 1 heterocycles. The van der Waals surface area contributed by atoms with Crippen LogP contribution in [0.2, 0.25) is 0 Å². The number of hydrogen-bond acceptors (Lipinski definition) is 1. The molecule has 3 rings (SSSR count). The second kappa shape index (κ2) is 4.92. The average Bonchev–Trinajstić information content (AvgIpc) is 2.76. The molecule has 1 aromatic heterocycles. The topological polar surface area (TPSA) is 19.0 Å². The van der Waals surface area contributed by atoms with Gasteiger partial charge >= 0.3 is 0 Å². The van der Waals surface area contributed by atoms with Gasteiger partial charge in [-0.05, 0) is 68.4 Å². The predicted molar refractivity (Wildman–Crippen MR) is 86.3 cm³/mol. The quantitative estimate of drug-likeness (QED) is 0.883. The summed E-state index contributed by atoms with van der Waals surface area (Å²) in [6, 6.07) is 6.76. The molecule has 0 bridgehead atoms. The monoisotopic (exact) mass is 270 g/mol. The molecule has 1 aliphatic rings. The fourth-order valence-electron chi connectivity index (χ4n) is 3.91. The Morgan fingerprint density at radius 3 is 2.85 bits per heavy atom. The van der Waals surface area contributed by atoms with E-state index in [-0.39, 0.29) is 0 Å². The molecule has 1 aliphatic carbocycles. The molecule has 0 fully saturated rings. The van der Waals surface area contributed by atoms with E-state index in [1.165, 1.54) is 42.3 Å². The zero-order valence-electron chi connectivity index (χ0n) is 13.2. The average molecular weight is 270 g/mol. The summed E-state index contributed by atoms with van der Waals surface area (Å²) < 4.78 is 0. The normalized spacial score (nSPS) is 20.8. The lowest BCUT2D eigenvalue weighted by Gasteiger charge is -2.39. The van der Waals surface area contributed by atoms with Gasteiger partial charge < -0.3 is 9.88 Å². The van der Waals surface area contributed by atoms with Crippen LogP contribution in [-0.2, 0) is 6.42 Å². The van der Waals surface area contributed by atoms with E-state index in [9.17, 15) is 0 Å². The van der Waals surface area contributed by atoms with Crippen LogP contribution in [0.25, 0.3) is 10.9 Å². The van der Waals surface area contributed by atoms with E-state index in [4.69, 9.17) is 0 Å². The standard InChI is InChI=1S/C18H26N2/c1-18(2)11-13-12-19-16-9-5-7-14(17(13)16)15(18)8-6-10-20(3)4/h5,7,9,12,15,19H,6,8,10-11H2,1-4H3. The Bertz CT molecular complexity index is 607. The van der Waals surface area contributed by atoms with Gasteiger partial charge in [0.25, 0.3) is 0 Å². The highest BCUT2D eigenvalue weighted by molar-refractivity contribution is 5.88. The molecule has 20 heavy (non-hydrogen) atoms. The summed E-state index contributed by atoms with van der Waals surface area (Å²) >= 11 is 0. The Morgan fingerprint density at radius 2 is 2.10 bits per heavy atom. The third kappa shape index (κ3) is 2.26. The highest BCUT2D eigenvalue weighted by atomic mass is 15.0. The van der Waals surface area contributed by atoms with Gasteiger partial charge in [-0.25, -0.2) is 0 Å². The first kappa shape index (κ1) is 13.7. The minimum Gasteiger partial charge on any atom is -0.361 e. The van der Waals surface area contributed by atoms with Gasteiger partial charge in [-0.1, -0.05) is 26.0 Å². The Hall–Kier alpha value is -1.28. The maximum Gasteiger partial charge on any atom is 0.0459 e. The van der Waals surface area contributed by atoms with E-state index in [1.807, 2.05) is 0 Å². The number of hydrogen-bond donors (Lipinski definition) is 1. The van der Waals surface area contributed by atoms with Crippen LogP contribution in [0.3, 0.4) is 0 Å². The van der Waals surface area contributed by atoms with Crippen molar-refractivity contribution in [1.82, 2.24) is 9.88 Å². The second-order valence-corrected chi connectivity index (χ2v) is 7.25. The van der Waals surface area contributed by atoms with Crippen molar-refractivity contribution in [2.24, 2.45) is 5.41 Å². The molecule has 108 valence electrons. The van der Waals surface area contributed by atoms with E-state index in [0.29, 0.717) is 11.3 Å². The van der Waals surface area contributed by atoms with E-state index in [1.54, 1.807) is 5.56 Å². The molecule has 0 saturated heterocycles. The van der Waals surface area contributed by atoms with Gasteiger partial charge in [-0.15, -0.1) is 0 Å². The summed E-state index contributed by atoms with van der Waals surface area (Å²) in [7, 11) is 4.33. The first-order valence-electron chi connectivity index (χ1n) is 7.72. The van der Waals surface area contributed by atoms with Crippen LogP contribution in [0.5, 0.6) is 0 Å². The SMILES string of the molecule is CN(C)CCCC1c2cccc3[nH]cc(c23)CC1(C)C. The Balaban J connectivity index is 1.96. The largest absolute Gasteiger partial charge is 0.361 e. The highest BCUT2D eigenvalue weighted by Gasteiger charge is 2.36. The zero-order chi connectivity index (χ0) is 14.3. The van der Waals surface area contributed by atoms with Crippen LogP contribution < -0.4 is 0 Å². The van der Waals surface area contributed by atoms with Crippen molar-refractivity contribution in [3.05, 3.63) is 35.5 Å². The molecule has 0 amide bonds. The third-order valence-corrected chi connectivity index (χ3v) is 4.88. The van der Waals surface area contributed by atoms with Crippen LogP contribution >= 0.6 is 0 Å². The summed E-state index contributed by atoms with van der Waals surface area (Å²) in [4.78, 5) is 5.73. The van der Waals surface area contributed by atoms with Gasteiger partial charge in [-0.2, -0.15) is 0 Å². The molecule has 2 nitrogen and oxygen atoms in total. The fourth-order valence-corrected chi connectivity index (χ4v) is 3.91. The second-order valence-electron chi connectivity index (χ2n) is 7.25. The van der Waals surface area contributed by atoms with Crippen molar-refractivity contribution in [2.75, 3.05) is 20.6 Å². The Labute approximate surface area is 122 Å². The molecule has 1 aromatic carbocycles. The number of benzene rings is 1. The molecule has 1 N–H and O–H groups in total. The lowest BCUT2D eigenvalue weighted by Crippen LogP contribution is -2.29. The summed E-state index contributed by atoms with van der Waals surface area (Å²) in [6.45, 7) is 6.05. The predicted octanol–water partition coefficient (Wildman–Crippen LogP) is 4.18. The molecule has 2 heteroatoms. The number of aromatic amines is 1. The summed E-state index contributed by atoms with van der Waals surface area (Å²) in [5, 5.41) is 1.50. The fraction of sp³-hybridized carbons (Fsp3) is 0.556. The Morgan fingerprint density at radius 1 is 1.30 bits per heavy atom. The minimum absolute atomic E-state index is 0.357. The van der Waals surface area contributed by atoms with Gasteiger partial charge in [-0.3, -0.25) is 0 Å². The van der Waals surface area contributed by atoms with Gasteiger partial charge in [0.1, 0.15) is 0 Å². The smallest absolute Gasteiger partial charge is 0.0459 e. The molecular formula is C18H26N2. The zero-order valence-corrected chi connectivity index (χ0v) is 13.2. The van der Waals surface area contributed by atoms with Gasteiger partial charge in [0.05, 0.1) is 0 Å². The van der Waals surface area contributed by atoms with Crippen LogP contribution in [0, 0.1) is 5.41 Å². The molecule has 1 unspecified atom stereocenters. The van der Waals surface area contributed by atoms with E-state index < -0.39 is 0 Å². The van der Waals surface area contributed by atoms with Crippen LogP contribution in [-0.4, -0.2) is 30.5 Å². The number of nitrogens with zero attached hydrogens (tertiary/aromatic N) is 1. The van der Waals surface area contributed by atoms with E-state index in [0.717, 1.165) is 0 Å². The lowest BCUT2D eigenvalue weighted by molar-refractivity contribution is 0.252. The molecule has 0 spiro atoms. The molecule has 0 saturated carbocycles. The van der Waals surface area contributed by atoms with Gasteiger partial charge in [0.15, 0.2) is 0 Å². The van der Waals surface area contributed by atoms with Crippen molar-refractivity contribution in [3.63, 3.8) is 0 Å². The van der Waals surface area contributed by atoms with Crippen molar-refractivity contribution in [2.45, 2.75) is 39.0 Å². The maximum atomic E-state index is 3.44. The first-order chi connectivity index (χ1) is 9.49. The van der Waals surface area contributed by atoms with E-state index in [2.05, 4.69) is 62.2 Å². The van der Waals surface area contributed by atoms with E-state index >= 15 is 0 Å². The van der Waals surface area contributed by atoms with Crippen LogP contribution in [0.15, 0.2) is 24.4 Å². The lowest BCUT2D eigenvalue weighted by atomic mass is 9.65. The number of aromatic nitrogens is 1. The molecule has 0 radical (unpaired) electrons. The minimum atomic E-state index is 0.357. The molecule has 0 aliphatic heterocycles. The summed E-state index contributed by atoms with van der Waals surface area (Å²) in [5.41, 5.74) is 4.74. The number of nitrogens with one attached hydrogen (secondary N) is 1. The van der Waals surface area contributed by atoms with Crippen molar-refractivity contribution in [1.29, 1.82) is 0 Å². The highest BCUT2D eigenvalue weighted by Crippen LogP contribution is 2.49. The third-order valence-electron chi connectivity index (χ3n) is 4.88. The van der Waals surface area contributed by atoms with Crippen molar-refractivity contribution < 1.29 is 0 Å². The number of H-pyrrole nitrogens is 1. The van der Waals surface area contributed by atoms with Gasteiger partial charge in [0, 0.05) is 17.1 Å². The maximum absolute atomic E-state index is 3.44.